The van der Waals surface area contributed by atoms with Crippen LogP contribution in [0.3, 0.4) is 0 Å². The summed E-state index contributed by atoms with van der Waals surface area (Å²) >= 11 is 0. The van der Waals surface area contributed by atoms with Gasteiger partial charge in [-0.05, 0) is 51.1 Å². The van der Waals surface area contributed by atoms with Gasteiger partial charge < -0.3 is 10.6 Å². The monoisotopic (exact) mass is 322 g/mol. The Kier molecular flexibility index (Phi) is 5.87. The van der Waals surface area contributed by atoms with Crippen LogP contribution < -0.4 is 10.6 Å². The van der Waals surface area contributed by atoms with E-state index in [-0.39, 0.29) is 23.7 Å². The van der Waals surface area contributed by atoms with Gasteiger partial charge in [0.15, 0.2) is 0 Å². The number of hydrogen-bond donors (Lipinski definition) is 2. The van der Waals surface area contributed by atoms with E-state index in [0.717, 1.165) is 38.6 Å². The minimum atomic E-state index is -0.154. The van der Waals surface area contributed by atoms with Crippen LogP contribution in [0.2, 0.25) is 0 Å². The van der Waals surface area contributed by atoms with Gasteiger partial charge in [-0.1, -0.05) is 36.8 Å². The van der Waals surface area contributed by atoms with Crippen molar-refractivity contribution in [3.05, 3.63) is 35.9 Å². The summed E-state index contributed by atoms with van der Waals surface area (Å²) in [5, 5.41) is 6.79. The zero-order chi connectivity index (χ0) is 14.7. The molecule has 2 unspecified atom stereocenters. The number of carbonyl (C=O) groups excluding carboxylic acids is 1. The zero-order valence-corrected chi connectivity index (χ0v) is 14.1. The summed E-state index contributed by atoms with van der Waals surface area (Å²) in [6.07, 6.45) is 6.37. The van der Waals surface area contributed by atoms with Gasteiger partial charge in [-0.25, -0.2) is 0 Å². The second kappa shape index (κ2) is 7.47. The van der Waals surface area contributed by atoms with Crippen molar-refractivity contribution in [2.45, 2.75) is 57.5 Å². The maximum atomic E-state index is 12.8. The molecular formula is C18H27ClN2O. The lowest BCUT2D eigenvalue weighted by molar-refractivity contribution is -0.137. The average molecular weight is 323 g/mol. The normalized spacial score (nSPS) is 26.4. The first-order valence-corrected chi connectivity index (χ1v) is 8.28. The summed E-state index contributed by atoms with van der Waals surface area (Å²) in [7, 11) is 0. The summed E-state index contributed by atoms with van der Waals surface area (Å²) in [5.41, 5.74) is 1.13. The zero-order valence-electron chi connectivity index (χ0n) is 13.3. The molecule has 1 saturated carbocycles. The van der Waals surface area contributed by atoms with Crippen LogP contribution in [0, 0.1) is 5.41 Å². The van der Waals surface area contributed by atoms with Gasteiger partial charge in [-0.2, -0.15) is 0 Å². The molecule has 2 fully saturated rings. The maximum Gasteiger partial charge on any atom is 0.226 e. The van der Waals surface area contributed by atoms with E-state index in [4.69, 9.17) is 0 Å². The maximum absolute atomic E-state index is 12.8. The molecular weight excluding hydrogens is 296 g/mol. The van der Waals surface area contributed by atoms with Crippen LogP contribution in [0.15, 0.2) is 30.3 Å². The summed E-state index contributed by atoms with van der Waals surface area (Å²) in [6.45, 7) is 3.25. The predicted molar refractivity (Wildman–Crippen MR) is 92.3 cm³/mol. The summed E-state index contributed by atoms with van der Waals surface area (Å²) in [4.78, 5) is 12.8. The number of hydrogen-bond acceptors (Lipinski definition) is 2. The summed E-state index contributed by atoms with van der Waals surface area (Å²) in [5.74, 6) is 0.276. The van der Waals surface area contributed by atoms with E-state index >= 15 is 0 Å². The number of benzene rings is 1. The predicted octanol–water partition coefficient (Wildman–Crippen LogP) is 3.08. The Bertz CT molecular complexity index is 487. The van der Waals surface area contributed by atoms with Gasteiger partial charge >= 0.3 is 0 Å². The van der Waals surface area contributed by atoms with Crippen molar-refractivity contribution >= 4 is 18.3 Å². The fourth-order valence-electron chi connectivity index (χ4n) is 3.64. The van der Waals surface area contributed by atoms with Gasteiger partial charge in [-0.3, -0.25) is 4.79 Å². The minimum Gasteiger partial charge on any atom is -0.351 e. The number of rotatable bonds is 4. The Morgan fingerprint density at radius 2 is 2.00 bits per heavy atom. The number of nitrogens with one attached hydrogen (secondary N) is 2. The Morgan fingerprint density at radius 1 is 1.27 bits per heavy atom. The molecule has 0 spiro atoms. The van der Waals surface area contributed by atoms with Crippen molar-refractivity contribution in [1.82, 2.24) is 10.6 Å². The highest BCUT2D eigenvalue weighted by molar-refractivity contribution is 5.85. The van der Waals surface area contributed by atoms with Gasteiger partial charge in [0.2, 0.25) is 5.91 Å². The first-order chi connectivity index (χ1) is 10.2. The third-order valence-electron chi connectivity index (χ3n) is 5.26. The first-order valence-electron chi connectivity index (χ1n) is 8.28. The van der Waals surface area contributed by atoms with E-state index in [2.05, 4.69) is 41.8 Å². The van der Waals surface area contributed by atoms with Gasteiger partial charge in [-0.15, -0.1) is 12.4 Å². The van der Waals surface area contributed by atoms with Crippen LogP contribution in [0.1, 0.15) is 44.6 Å². The molecule has 2 aliphatic rings. The van der Waals surface area contributed by atoms with Crippen LogP contribution in [0.4, 0.5) is 0 Å². The van der Waals surface area contributed by atoms with Crippen molar-refractivity contribution in [2.75, 3.05) is 6.54 Å². The highest BCUT2D eigenvalue weighted by Gasteiger charge is 2.44. The Hall–Kier alpha value is -1.06. The fourth-order valence-corrected chi connectivity index (χ4v) is 3.64. The summed E-state index contributed by atoms with van der Waals surface area (Å²) in [6, 6.07) is 11.1. The van der Waals surface area contributed by atoms with Crippen LogP contribution in [0.5, 0.6) is 0 Å². The molecule has 4 heteroatoms. The summed E-state index contributed by atoms with van der Waals surface area (Å²) < 4.78 is 0. The van der Waals surface area contributed by atoms with Crippen LogP contribution in [-0.4, -0.2) is 24.5 Å². The molecule has 2 atom stereocenters. The largest absolute Gasteiger partial charge is 0.351 e. The number of piperidine rings is 1. The lowest BCUT2D eigenvalue weighted by atomic mass is 9.64. The molecule has 0 radical (unpaired) electrons. The highest BCUT2D eigenvalue weighted by Crippen LogP contribution is 2.44. The molecule has 3 nitrogen and oxygen atoms in total. The van der Waals surface area contributed by atoms with Gasteiger partial charge in [0, 0.05) is 12.1 Å². The Balaban J connectivity index is 0.00000176. The Labute approximate surface area is 139 Å². The lowest BCUT2D eigenvalue weighted by Gasteiger charge is -2.42. The highest BCUT2D eigenvalue weighted by atomic mass is 35.5. The number of halogens is 1. The van der Waals surface area contributed by atoms with Crippen LogP contribution >= 0.6 is 12.4 Å². The second-order valence-corrected chi connectivity index (χ2v) is 6.76. The second-order valence-electron chi connectivity index (χ2n) is 6.76. The molecule has 1 aromatic rings. The Morgan fingerprint density at radius 3 is 2.59 bits per heavy atom. The third-order valence-corrected chi connectivity index (χ3v) is 5.26. The van der Waals surface area contributed by atoms with Crippen molar-refractivity contribution in [1.29, 1.82) is 0 Å². The molecule has 22 heavy (non-hydrogen) atoms. The van der Waals surface area contributed by atoms with Gasteiger partial charge in [0.25, 0.3) is 0 Å². The van der Waals surface area contributed by atoms with Crippen molar-refractivity contribution < 1.29 is 4.79 Å². The standard InChI is InChI=1S/C18H26N2O.ClH/c1-14-16(9-5-12-19-14)20-17(21)18(10-6-11-18)13-15-7-3-2-4-8-15;/h2-4,7-8,14,16,19H,5-6,9-13H2,1H3,(H,20,21);1H. The molecule has 1 aliphatic carbocycles. The van der Waals surface area contributed by atoms with E-state index in [0.29, 0.717) is 12.1 Å². The smallest absolute Gasteiger partial charge is 0.226 e. The van der Waals surface area contributed by atoms with Gasteiger partial charge in [0.05, 0.1) is 5.41 Å². The molecule has 0 aromatic heterocycles. The van der Waals surface area contributed by atoms with Crippen LogP contribution in [0.25, 0.3) is 0 Å². The molecule has 122 valence electrons. The molecule has 2 N–H and O–H groups in total. The molecule has 3 rings (SSSR count). The fraction of sp³-hybridized carbons (Fsp3) is 0.611. The average Bonchev–Trinajstić information content (AvgIpc) is 2.46. The molecule has 1 amide bonds. The molecule has 0 bridgehead atoms. The van der Waals surface area contributed by atoms with Crippen molar-refractivity contribution in [3.63, 3.8) is 0 Å². The molecule has 1 heterocycles. The first kappa shape index (κ1) is 17.3. The number of amides is 1. The lowest BCUT2D eigenvalue weighted by Crippen LogP contribution is -2.57. The molecule has 1 saturated heterocycles. The third kappa shape index (κ3) is 3.64. The van der Waals surface area contributed by atoms with Gasteiger partial charge in [0.1, 0.15) is 0 Å². The van der Waals surface area contributed by atoms with Crippen molar-refractivity contribution in [3.8, 4) is 0 Å². The van der Waals surface area contributed by atoms with Crippen LogP contribution in [-0.2, 0) is 11.2 Å². The van der Waals surface area contributed by atoms with E-state index < -0.39 is 0 Å². The minimum absolute atomic E-state index is 0. The topological polar surface area (TPSA) is 41.1 Å². The SMILES string of the molecule is CC1NCCCC1NC(=O)C1(Cc2ccccc2)CCC1.Cl. The quantitative estimate of drug-likeness (QED) is 0.894. The van der Waals surface area contributed by atoms with E-state index in [9.17, 15) is 4.79 Å². The van der Waals surface area contributed by atoms with E-state index in [1.165, 1.54) is 12.0 Å². The number of carbonyl (C=O) groups is 1. The molecule has 1 aliphatic heterocycles. The van der Waals surface area contributed by atoms with E-state index in [1.54, 1.807) is 0 Å². The van der Waals surface area contributed by atoms with Crippen molar-refractivity contribution in [2.24, 2.45) is 5.41 Å². The molecule has 1 aromatic carbocycles. The van der Waals surface area contributed by atoms with E-state index in [1.807, 2.05) is 6.07 Å².